The van der Waals surface area contributed by atoms with Gasteiger partial charge >= 0.3 is 0 Å². The van der Waals surface area contributed by atoms with Crippen molar-refractivity contribution < 1.29 is 0 Å². The minimum absolute atomic E-state index is 0.0530. The predicted octanol–water partition coefficient (Wildman–Crippen LogP) is 2.72. The summed E-state index contributed by atoms with van der Waals surface area (Å²) in [6.45, 7) is 1.86. The minimum atomic E-state index is -0.0530. The van der Waals surface area contributed by atoms with E-state index in [0.29, 0.717) is 0 Å². The third-order valence-electron chi connectivity index (χ3n) is 3.22. The van der Waals surface area contributed by atoms with Crippen molar-refractivity contribution in [2.24, 2.45) is 0 Å². The first-order valence-corrected chi connectivity index (χ1v) is 6.38. The number of aromatic nitrogens is 2. The number of benzene rings is 2. The molecule has 3 N–H and O–H groups in total. The van der Waals surface area contributed by atoms with Crippen LogP contribution in [0, 0.1) is 6.92 Å². The Hall–Kier alpha value is -2.75. The molecule has 4 nitrogen and oxygen atoms in total. The molecule has 0 aliphatic rings. The highest BCUT2D eigenvalue weighted by Gasteiger charge is 2.03. The molecule has 1 aromatic heterocycles. The van der Waals surface area contributed by atoms with Crippen LogP contribution < -0.4 is 11.3 Å². The van der Waals surface area contributed by atoms with Gasteiger partial charge in [0.05, 0.1) is 5.69 Å². The number of hydrogen-bond donors (Lipinski definition) is 2. The molecule has 0 unspecified atom stereocenters. The molecule has 100 valence electrons. The van der Waals surface area contributed by atoms with E-state index in [2.05, 4.69) is 5.10 Å². The quantitative estimate of drug-likeness (QED) is 0.700. The number of H-pyrrole nitrogens is 1. The van der Waals surface area contributed by atoms with E-state index in [4.69, 9.17) is 5.73 Å². The van der Waals surface area contributed by atoms with Gasteiger partial charge in [-0.2, -0.15) is 0 Å². The SMILES string of the molecule is Cc1cc(=O)n(-c2ccc(-c3ccc(N)cc3)cc2)[nH]1. The molecule has 0 fully saturated rings. The molecule has 0 bridgehead atoms. The van der Waals surface area contributed by atoms with Crippen LogP contribution in [0.25, 0.3) is 16.8 Å². The van der Waals surface area contributed by atoms with Crippen LogP contribution >= 0.6 is 0 Å². The molecule has 2 aromatic carbocycles. The van der Waals surface area contributed by atoms with E-state index < -0.39 is 0 Å². The second-order valence-corrected chi connectivity index (χ2v) is 4.78. The fourth-order valence-corrected chi connectivity index (χ4v) is 2.18. The first-order valence-electron chi connectivity index (χ1n) is 6.38. The van der Waals surface area contributed by atoms with Crippen LogP contribution in [0.2, 0.25) is 0 Å². The summed E-state index contributed by atoms with van der Waals surface area (Å²) >= 11 is 0. The number of nitrogens with one attached hydrogen (secondary N) is 1. The highest BCUT2D eigenvalue weighted by molar-refractivity contribution is 5.66. The number of nitrogens with zero attached hydrogens (tertiary/aromatic N) is 1. The summed E-state index contributed by atoms with van der Waals surface area (Å²) in [6, 6.07) is 17.1. The lowest BCUT2D eigenvalue weighted by atomic mass is 10.1. The van der Waals surface area contributed by atoms with E-state index in [1.807, 2.05) is 55.5 Å². The van der Waals surface area contributed by atoms with Crippen molar-refractivity contribution in [2.45, 2.75) is 6.92 Å². The van der Waals surface area contributed by atoms with Gasteiger partial charge in [-0.05, 0) is 42.3 Å². The van der Waals surface area contributed by atoms with Crippen LogP contribution in [0.1, 0.15) is 5.69 Å². The molecule has 20 heavy (non-hydrogen) atoms. The lowest BCUT2D eigenvalue weighted by Crippen LogP contribution is -2.13. The van der Waals surface area contributed by atoms with E-state index in [9.17, 15) is 4.79 Å². The van der Waals surface area contributed by atoms with Crippen molar-refractivity contribution in [1.82, 2.24) is 9.78 Å². The highest BCUT2D eigenvalue weighted by atomic mass is 16.1. The molecular formula is C16H15N3O. The van der Waals surface area contributed by atoms with E-state index in [-0.39, 0.29) is 5.56 Å². The Morgan fingerprint density at radius 1 is 0.950 bits per heavy atom. The van der Waals surface area contributed by atoms with Gasteiger partial charge in [-0.3, -0.25) is 9.89 Å². The van der Waals surface area contributed by atoms with Gasteiger partial charge in [0, 0.05) is 17.4 Å². The van der Waals surface area contributed by atoms with Crippen LogP contribution in [-0.4, -0.2) is 9.78 Å². The Balaban J connectivity index is 1.97. The smallest absolute Gasteiger partial charge is 0.271 e. The van der Waals surface area contributed by atoms with Crippen LogP contribution in [-0.2, 0) is 0 Å². The van der Waals surface area contributed by atoms with Crippen molar-refractivity contribution in [2.75, 3.05) is 5.73 Å². The Morgan fingerprint density at radius 3 is 2.00 bits per heavy atom. The van der Waals surface area contributed by atoms with Gasteiger partial charge in [0.2, 0.25) is 0 Å². The largest absolute Gasteiger partial charge is 0.399 e. The molecule has 0 atom stereocenters. The zero-order chi connectivity index (χ0) is 14.1. The summed E-state index contributed by atoms with van der Waals surface area (Å²) in [4.78, 5) is 11.8. The van der Waals surface area contributed by atoms with Crippen LogP contribution in [0.4, 0.5) is 5.69 Å². The van der Waals surface area contributed by atoms with E-state index in [1.165, 1.54) is 4.68 Å². The third-order valence-corrected chi connectivity index (χ3v) is 3.22. The molecule has 4 heteroatoms. The fraction of sp³-hybridized carbons (Fsp3) is 0.0625. The molecule has 0 saturated heterocycles. The first-order chi connectivity index (χ1) is 9.63. The van der Waals surface area contributed by atoms with Crippen LogP contribution in [0.15, 0.2) is 59.4 Å². The van der Waals surface area contributed by atoms with Gasteiger partial charge in [-0.25, -0.2) is 4.68 Å². The van der Waals surface area contributed by atoms with Gasteiger partial charge in [0.25, 0.3) is 5.56 Å². The number of aromatic amines is 1. The second-order valence-electron chi connectivity index (χ2n) is 4.78. The monoisotopic (exact) mass is 265 g/mol. The van der Waals surface area contributed by atoms with E-state index in [1.54, 1.807) is 6.07 Å². The molecule has 3 aromatic rings. The molecule has 3 rings (SSSR count). The molecular weight excluding hydrogens is 250 g/mol. The summed E-state index contributed by atoms with van der Waals surface area (Å²) < 4.78 is 1.53. The molecule has 1 heterocycles. The molecule has 0 aliphatic carbocycles. The Kier molecular flexibility index (Phi) is 2.91. The van der Waals surface area contributed by atoms with Crippen molar-refractivity contribution in [1.29, 1.82) is 0 Å². The van der Waals surface area contributed by atoms with Gasteiger partial charge in [-0.15, -0.1) is 0 Å². The summed E-state index contributed by atoms with van der Waals surface area (Å²) in [5.41, 5.74) is 10.2. The number of nitrogen functional groups attached to an aromatic ring is 1. The topological polar surface area (TPSA) is 63.8 Å². The summed E-state index contributed by atoms with van der Waals surface area (Å²) in [7, 11) is 0. The minimum Gasteiger partial charge on any atom is -0.399 e. The van der Waals surface area contributed by atoms with E-state index >= 15 is 0 Å². The third kappa shape index (κ3) is 2.23. The molecule has 0 saturated carbocycles. The fourth-order valence-electron chi connectivity index (χ4n) is 2.18. The maximum absolute atomic E-state index is 11.8. The standard InChI is InChI=1S/C16H15N3O/c1-11-10-16(20)19(18-11)15-8-4-13(5-9-15)12-2-6-14(17)7-3-12/h2-10,18H,17H2,1H3. The maximum Gasteiger partial charge on any atom is 0.271 e. The van der Waals surface area contributed by atoms with Gasteiger partial charge in [0.15, 0.2) is 0 Å². The lowest BCUT2D eigenvalue weighted by molar-refractivity contribution is 0.835. The molecule has 0 spiro atoms. The van der Waals surface area contributed by atoms with Crippen molar-refractivity contribution in [3.05, 3.63) is 70.6 Å². The lowest BCUT2D eigenvalue weighted by Gasteiger charge is -2.05. The molecule has 0 amide bonds. The average Bonchev–Trinajstić information content (AvgIpc) is 2.79. The van der Waals surface area contributed by atoms with Gasteiger partial charge in [0.1, 0.15) is 0 Å². The zero-order valence-corrected chi connectivity index (χ0v) is 11.1. The number of nitrogens with two attached hydrogens (primary N) is 1. The number of hydrogen-bond acceptors (Lipinski definition) is 2. The zero-order valence-electron chi connectivity index (χ0n) is 11.1. The normalized spacial score (nSPS) is 10.7. The Labute approximate surface area is 116 Å². The van der Waals surface area contributed by atoms with Crippen LogP contribution in [0.5, 0.6) is 0 Å². The summed E-state index contributed by atoms with van der Waals surface area (Å²) in [5.74, 6) is 0. The predicted molar refractivity (Wildman–Crippen MR) is 81.0 cm³/mol. The Morgan fingerprint density at radius 2 is 1.50 bits per heavy atom. The number of aryl methyl sites for hydroxylation is 1. The first kappa shape index (κ1) is 12.3. The summed E-state index contributed by atoms with van der Waals surface area (Å²) in [6.07, 6.45) is 0. The number of anilines is 1. The van der Waals surface area contributed by atoms with Crippen LogP contribution in [0.3, 0.4) is 0 Å². The van der Waals surface area contributed by atoms with Crippen molar-refractivity contribution >= 4 is 5.69 Å². The average molecular weight is 265 g/mol. The summed E-state index contributed by atoms with van der Waals surface area (Å²) in [5, 5.41) is 3.01. The van der Waals surface area contributed by atoms with Gasteiger partial charge < -0.3 is 5.73 Å². The maximum atomic E-state index is 11.8. The molecule has 0 radical (unpaired) electrons. The Bertz CT molecular complexity index is 780. The number of rotatable bonds is 2. The van der Waals surface area contributed by atoms with Crippen molar-refractivity contribution in [3.63, 3.8) is 0 Å². The van der Waals surface area contributed by atoms with E-state index in [0.717, 1.165) is 28.2 Å². The van der Waals surface area contributed by atoms with Gasteiger partial charge in [-0.1, -0.05) is 24.3 Å². The van der Waals surface area contributed by atoms with Crippen molar-refractivity contribution in [3.8, 4) is 16.8 Å². The molecule has 0 aliphatic heterocycles. The highest BCUT2D eigenvalue weighted by Crippen LogP contribution is 2.21. The second kappa shape index (κ2) is 4.74.